The third kappa shape index (κ3) is 6.19. The number of alkyl halides is 2. The number of fused-ring (bicyclic) bond motifs is 1. The van der Waals surface area contributed by atoms with Crippen LogP contribution in [0.4, 0.5) is 11.4 Å². The molecule has 0 bridgehead atoms. The number of para-hydroxylation sites is 1. The number of benzene rings is 3. The average molecular weight is 598 g/mol. The summed E-state index contributed by atoms with van der Waals surface area (Å²) in [5, 5.41) is 7.87. The molecule has 3 aromatic carbocycles. The normalized spacial score (nSPS) is 12.8. The van der Waals surface area contributed by atoms with Crippen molar-refractivity contribution in [3.63, 3.8) is 0 Å². The molecule has 1 aromatic heterocycles. The summed E-state index contributed by atoms with van der Waals surface area (Å²) in [6.07, 6.45) is 1.92. The summed E-state index contributed by atoms with van der Waals surface area (Å²) in [5.74, 6) is -1.75. The zero-order valence-corrected chi connectivity index (χ0v) is 23.4. The highest BCUT2D eigenvalue weighted by atomic mass is 35.5. The summed E-state index contributed by atoms with van der Waals surface area (Å²) < 4.78 is 1.93. The highest BCUT2D eigenvalue weighted by Gasteiger charge is 2.29. The van der Waals surface area contributed by atoms with Gasteiger partial charge in [-0.3, -0.25) is 9.59 Å². The summed E-state index contributed by atoms with van der Waals surface area (Å²) in [4.78, 5) is 26.4. The van der Waals surface area contributed by atoms with Gasteiger partial charge in [-0.05, 0) is 54.1 Å². The quantitative estimate of drug-likeness (QED) is 0.201. The van der Waals surface area contributed by atoms with Gasteiger partial charge in [-0.15, -0.1) is 23.2 Å². The fourth-order valence-electron chi connectivity index (χ4n) is 4.24. The minimum Gasteiger partial charge on any atom is -0.349 e. The molecule has 2 unspecified atom stereocenters. The zero-order valence-electron chi connectivity index (χ0n) is 19.6. The molecular formula is C27H22Cl5N3O2. The number of nitrogens with zero attached hydrogens (tertiary/aromatic N) is 1. The van der Waals surface area contributed by atoms with Crippen molar-refractivity contribution in [1.82, 2.24) is 4.57 Å². The van der Waals surface area contributed by atoms with Crippen LogP contribution in [0.5, 0.6) is 0 Å². The topological polar surface area (TPSA) is 63.1 Å². The second kappa shape index (κ2) is 12.0. The van der Waals surface area contributed by atoms with Crippen LogP contribution >= 0.6 is 58.0 Å². The molecule has 0 saturated heterocycles. The Morgan fingerprint density at radius 1 is 0.892 bits per heavy atom. The van der Waals surface area contributed by atoms with E-state index >= 15 is 0 Å². The maximum Gasteiger partial charge on any atom is 0.257 e. The number of nitrogens with one attached hydrogen (secondary N) is 2. The molecule has 2 atom stereocenters. The Labute approximate surface area is 239 Å². The minimum absolute atomic E-state index is 0.00888. The van der Waals surface area contributed by atoms with Gasteiger partial charge in [0.1, 0.15) is 0 Å². The number of rotatable bonds is 8. The van der Waals surface area contributed by atoms with Crippen LogP contribution in [-0.2, 0) is 11.8 Å². The Kier molecular flexibility index (Phi) is 8.94. The molecule has 0 spiro atoms. The zero-order chi connectivity index (χ0) is 26.7. The van der Waals surface area contributed by atoms with Gasteiger partial charge in [0.25, 0.3) is 5.91 Å². The molecule has 0 aliphatic rings. The third-order valence-electron chi connectivity index (χ3n) is 6.09. The smallest absolute Gasteiger partial charge is 0.257 e. The van der Waals surface area contributed by atoms with E-state index in [-0.39, 0.29) is 28.3 Å². The van der Waals surface area contributed by atoms with Gasteiger partial charge in [-0.25, -0.2) is 0 Å². The highest BCUT2D eigenvalue weighted by Crippen LogP contribution is 2.33. The lowest BCUT2D eigenvalue weighted by molar-refractivity contribution is -0.119. The first kappa shape index (κ1) is 27.6. The van der Waals surface area contributed by atoms with E-state index in [0.717, 1.165) is 10.9 Å². The van der Waals surface area contributed by atoms with Crippen molar-refractivity contribution in [3.8, 4) is 0 Å². The van der Waals surface area contributed by atoms with Gasteiger partial charge < -0.3 is 15.2 Å². The standard InChI is InChI=1S/C27H22Cl5N3O2/c1-35-8-7-15-3-2-4-24(25(15)35)34-26(36)20-12-19(5-6-23(20)32)33-27(37)22(14-29)21(13-28)16-9-17(30)11-18(31)10-16/h2-12,21-22H,13-14H2,1H3,(H,33,37)(H,34,36). The van der Waals surface area contributed by atoms with Crippen LogP contribution in [0.15, 0.2) is 66.9 Å². The second-order valence-electron chi connectivity index (χ2n) is 8.53. The van der Waals surface area contributed by atoms with Crippen LogP contribution < -0.4 is 10.6 Å². The Balaban J connectivity index is 1.56. The molecule has 4 aromatic rings. The molecule has 0 saturated carbocycles. The number of amides is 2. The monoisotopic (exact) mass is 595 g/mol. The fraction of sp³-hybridized carbons (Fsp3) is 0.185. The molecule has 0 aliphatic carbocycles. The van der Waals surface area contributed by atoms with E-state index in [0.29, 0.717) is 27.0 Å². The van der Waals surface area contributed by atoms with E-state index in [9.17, 15) is 9.59 Å². The number of hydrogen-bond acceptors (Lipinski definition) is 2. The van der Waals surface area contributed by atoms with E-state index in [1.54, 1.807) is 30.3 Å². The van der Waals surface area contributed by atoms with Gasteiger partial charge in [0, 0.05) is 52.0 Å². The molecule has 0 fully saturated rings. The minimum atomic E-state index is -0.684. The summed E-state index contributed by atoms with van der Waals surface area (Å²) in [7, 11) is 1.90. The molecule has 0 aliphatic heterocycles. The Hall–Kier alpha value is -2.41. The van der Waals surface area contributed by atoms with Crippen LogP contribution in [0.2, 0.25) is 15.1 Å². The molecule has 10 heteroatoms. The number of carbonyl (C=O) groups is 2. The van der Waals surface area contributed by atoms with Gasteiger partial charge in [0.2, 0.25) is 5.91 Å². The molecule has 37 heavy (non-hydrogen) atoms. The molecule has 4 rings (SSSR count). The maximum atomic E-state index is 13.2. The molecular weight excluding hydrogens is 576 g/mol. The van der Waals surface area contributed by atoms with Gasteiger partial charge >= 0.3 is 0 Å². The fourth-order valence-corrected chi connectivity index (χ4v) is 5.73. The van der Waals surface area contributed by atoms with Crippen molar-refractivity contribution in [3.05, 3.63) is 93.1 Å². The molecule has 1 heterocycles. The van der Waals surface area contributed by atoms with E-state index in [1.807, 2.05) is 42.1 Å². The first-order chi connectivity index (χ1) is 17.7. The SMILES string of the molecule is Cn1ccc2cccc(NC(=O)c3cc(NC(=O)C(CCl)C(CCl)c4cc(Cl)cc(Cl)c4)ccc3Cl)c21. The van der Waals surface area contributed by atoms with Crippen LogP contribution in [0, 0.1) is 5.92 Å². The summed E-state index contributed by atoms with van der Waals surface area (Å²) >= 11 is 31.1. The lowest BCUT2D eigenvalue weighted by atomic mass is 9.88. The van der Waals surface area contributed by atoms with Crippen molar-refractivity contribution in [2.45, 2.75) is 5.92 Å². The van der Waals surface area contributed by atoms with Gasteiger partial charge in [0.15, 0.2) is 0 Å². The maximum absolute atomic E-state index is 13.2. The van der Waals surface area contributed by atoms with Crippen molar-refractivity contribution >= 4 is 92.1 Å². The van der Waals surface area contributed by atoms with Gasteiger partial charge in [0.05, 0.1) is 27.7 Å². The van der Waals surface area contributed by atoms with Crippen LogP contribution in [0.1, 0.15) is 21.8 Å². The number of anilines is 2. The predicted molar refractivity (Wildman–Crippen MR) is 155 cm³/mol. The number of aromatic nitrogens is 1. The number of aryl methyl sites for hydroxylation is 1. The Bertz CT molecular complexity index is 1450. The first-order valence-corrected chi connectivity index (χ1v) is 13.5. The molecule has 2 amide bonds. The largest absolute Gasteiger partial charge is 0.349 e. The number of hydrogen-bond donors (Lipinski definition) is 2. The molecule has 2 N–H and O–H groups in total. The highest BCUT2D eigenvalue weighted by molar-refractivity contribution is 6.35. The molecule has 0 radical (unpaired) electrons. The average Bonchev–Trinajstić information content (AvgIpc) is 3.24. The summed E-state index contributed by atoms with van der Waals surface area (Å²) in [5.41, 5.74) is 2.84. The van der Waals surface area contributed by atoms with Crippen molar-refractivity contribution in [1.29, 1.82) is 0 Å². The van der Waals surface area contributed by atoms with E-state index in [4.69, 9.17) is 58.0 Å². The van der Waals surface area contributed by atoms with Crippen LogP contribution in [-0.4, -0.2) is 28.1 Å². The van der Waals surface area contributed by atoms with Crippen LogP contribution in [0.3, 0.4) is 0 Å². The lowest BCUT2D eigenvalue weighted by Crippen LogP contribution is -2.30. The lowest BCUT2D eigenvalue weighted by Gasteiger charge is -2.24. The molecule has 5 nitrogen and oxygen atoms in total. The van der Waals surface area contributed by atoms with Gasteiger partial charge in [-0.2, -0.15) is 0 Å². The third-order valence-corrected chi connectivity index (χ3v) is 7.52. The number of halogens is 5. The molecule has 192 valence electrons. The second-order valence-corrected chi connectivity index (χ2v) is 10.4. The Morgan fingerprint density at radius 2 is 1.62 bits per heavy atom. The summed E-state index contributed by atoms with van der Waals surface area (Å²) in [6, 6.07) is 17.3. The van der Waals surface area contributed by atoms with E-state index in [1.165, 1.54) is 6.07 Å². The van der Waals surface area contributed by atoms with E-state index < -0.39 is 17.7 Å². The van der Waals surface area contributed by atoms with Crippen LogP contribution in [0.25, 0.3) is 10.9 Å². The first-order valence-electron chi connectivity index (χ1n) is 11.3. The number of carbonyl (C=O) groups excluding carboxylic acids is 2. The Morgan fingerprint density at radius 3 is 2.30 bits per heavy atom. The van der Waals surface area contributed by atoms with E-state index in [2.05, 4.69) is 10.6 Å². The van der Waals surface area contributed by atoms with Gasteiger partial charge in [-0.1, -0.05) is 46.9 Å². The predicted octanol–water partition coefficient (Wildman–Crippen LogP) is 8.21. The summed E-state index contributed by atoms with van der Waals surface area (Å²) in [6.45, 7) is 0. The van der Waals surface area contributed by atoms with Crippen molar-refractivity contribution in [2.24, 2.45) is 13.0 Å². The van der Waals surface area contributed by atoms with Crippen molar-refractivity contribution < 1.29 is 9.59 Å². The van der Waals surface area contributed by atoms with Crippen molar-refractivity contribution in [2.75, 3.05) is 22.4 Å².